The lowest BCUT2D eigenvalue weighted by molar-refractivity contribution is 0.0531. The lowest BCUT2D eigenvalue weighted by Gasteiger charge is -2.34. The fourth-order valence-electron chi connectivity index (χ4n) is 3.82. The van der Waals surface area contributed by atoms with Crippen LogP contribution in [-0.4, -0.2) is 64.3 Å². The monoisotopic (exact) mass is 420 g/mol. The summed E-state index contributed by atoms with van der Waals surface area (Å²) in [4.78, 5) is 32.6. The third-order valence-electron chi connectivity index (χ3n) is 5.49. The highest BCUT2D eigenvalue weighted by Gasteiger charge is 2.28. The minimum Gasteiger partial charge on any atom is -0.497 e. The number of carbonyl (C=O) groups excluding carboxylic acids is 2. The van der Waals surface area contributed by atoms with E-state index in [1.165, 1.54) is 11.5 Å². The van der Waals surface area contributed by atoms with Crippen molar-refractivity contribution in [3.8, 4) is 5.75 Å². The molecule has 1 saturated heterocycles. The summed E-state index contributed by atoms with van der Waals surface area (Å²) in [6.45, 7) is 1.96. The van der Waals surface area contributed by atoms with Crippen LogP contribution in [0.15, 0.2) is 48.5 Å². The van der Waals surface area contributed by atoms with E-state index in [4.69, 9.17) is 4.74 Å². The van der Waals surface area contributed by atoms with Gasteiger partial charge in [0.2, 0.25) is 0 Å². The van der Waals surface area contributed by atoms with Crippen LogP contribution < -0.4 is 4.74 Å². The number of benzene rings is 2. The molecule has 5 rings (SSSR count). The number of aromatic nitrogens is 2. The van der Waals surface area contributed by atoms with Gasteiger partial charge in [0.1, 0.15) is 17.1 Å². The lowest BCUT2D eigenvalue weighted by atomic mass is 10.2. The standard InChI is InChI=1S/C22H20N4O3S/c1-29-15-7-6-14-12-18(23-17(14)13-15)21(27)25-8-10-26(11-9-25)22(28)20-16-4-2-3-5-19(16)30-24-20/h2-7,12-13,23H,8-11H2,1H3. The number of carbonyl (C=O) groups is 2. The molecule has 0 spiro atoms. The van der Waals surface area contributed by atoms with Crippen molar-refractivity contribution in [1.29, 1.82) is 0 Å². The third-order valence-corrected chi connectivity index (χ3v) is 6.32. The molecule has 0 atom stereocenters. The zero-order valence-electron chi connectivity index (χ0n) is 16.4. The second kappa shape index (κ2) is 7.46. The highest BCUT2D eigenvalue weighted by Crippen LogP contribution is 2.25. The zero-order chi connectivity index (χ0) is 20.7. The second-order valence-electron chi connectivity index (χ2n) is 7.25. The molecule has 2 amide bonds. The molecule has 0 aliphatic carbocycles. The summed E-state index contributed by atoms with van der Waals surface area (Å²) in [5.41, 5.74) is 1.91. The van der Waals surface area contributed by atoms with E-state index >= 15 is 0 Å². The maximum absolute atomic E-state index is 13.0. The Morgan fingerprint density at radius 2 is 1.73 bits per heavy atom. The molecule has 2 aromatic carbocycles. The van der Waals surface area contributed by atoms with Crippen LogP contribution in [0.25, 0.3) is 21.0 Å². The first-order chi connectivity index (χ1) is 14.6. The second-order valence-corrected chi connectivity index (χ2v) is 8.05. The van der Waals surface area contributed by atoms with E-state index in [2.05, 4.69) is 9.36 Å². The molecule has 152 valence electrons. The summed E-state index contributed by atoms with van der Waals surface area (Å²) < 4.78 is 10.6. The number of nitrogens with zero attached hydrogens (tertiary/aromatic N) is 3. The van der Waals surface area contributed by atoms with Crippen molar-refractivity contribution >= 4 is 44.3 Å². The highest BCUT2D eigenvalue weighted by atomic mass is 32.1. The van der Waals surface area contributed by atoms with Crippen LogP contribution in [0.3, 0.4) is 0 Å². The number of rotatable bonds is 3. The molecule has 1 fully saturated rings. The van der Waals surface area contributed by atoms with E-state index < -0.39 is 0 Å². The number of methoxy groups -OCH3 is 1. The Labute approximate surface area is 177 Å². The van der Waals surface area contributed by atoms with Gasteiger partial charge in [-0.3, -0.25) is 9.59 Å². The van der Waals surface area contributed by atoms with E-state index in [0.717, 1.165) is 26.7 Å². The molecule has 1 N–H and O–H groups in total. The molecule has 7 nitrogen and oxygen atoms in total. The maximum atomic E-state index is 13.0. The van der Waals surface area contributed by atoms with Crippen molar-refractivity contribution in [3.05, 3.63) is 59.9 Å². The van der Waals surface area contributed by atoms with Gasteiger partial charge in [-0.05, 0) is 35.8 Å². The van der Waals surface area contributed by atoms with Crippen molar-refractivity contribution in [2.24, 2.45) is 0 Å². The summed E-state index contributed by atoms with van der Waals surface area (Å²) in [5.74, 6) is 0.610. The topological polar surface area (TPSA) is 78.5 Å². The summed E-state index contributed by atoms with van der Waals surface area (Å²) in [5, 5.41) is 1.85. The van der Waals surface area contributed by atoms with E-state index in [0.29, 0.717) is 37.6 Å². The van der Waals surface area contributed by atoms with Gasteiger partial charge in [0.05, 0.1) is 11.8 Å². The third kappa shape index (κ3) is 3.19. The van der Waals surface area contributed by atoms with Crippen molar-refractivity contribution in [2.75, 3.05) is 33.3 Å². The Bertz CT molecular complexity index is 1250. The van der Waals surface area contributed by atoms with Gasteiger partial charge in [-0.25, -0.2) is 0 Å². The zero-order valence-corrected chi connectivity index (χ0v) is 17.2. The van der Waals surface area contributed by atoms with Gasteiger partial charge in [-0.1, -0.05) is 18.2 Å². The van der Waals surface area contributed by atoms with Crippen LogP contribution in [0, 0.1) is 0 Å². The number of fused-ring (bicyclic) bond motifs is 2. The Morgan fingerprint density at radius 3 is 2.50 bits per heavy atom. The van der Waals surface area contributed by atoms with Crippen LogP contribution in [0.2, 0.25) is 0 Å². The van der Waals surface area contributed by atoms with Gasteiger partial charge in [-0.2, -0.15) is 4.37 Å². The average molecular weight is 420 g/mol. The number of amides is 2. The number of H-pyrrole nitrogens is 1. The van der Waals surface area contributed by atoms with Crippen molar-refractivity contribution < 1.29 is 14.3 Å². The molecule has 0 bridgehead atoms. The Balaban J connectivity index is 1.28. The highest BCUT2D eigenvalue weighted by molar-refractivity contribution is 7.13. The lowest BCUT2D eigenvalue weighted by Crippen LogP contribution is -2.50. The SMILES string of the molecule is COc1ccc2cc(C(=O)N3CCN(C(=O)c4nsc5ccccc45)CC3)[nH]c2c1. The first-order valence-corrected chi connectivity index (χ1v) is 10.5. The first kappa shape index (κ1) is 18.6. The molecule has 1 aliphatic rings. The normalized spacial score (nSPS) is 14.4. The quantitative estimate of drug-likeness (QED) is 0.551. The van der Waals surface area contributed by atoms with Crippen LogP contribution in [0.4, 0.5) is 0 Å². The number of piperazine rings is 1. The van der Waals surface area contributed by atoms with Crippen LogP contribution in [0.5, 0.6) is 5.75 Å². The van der Waals surface area contributed by atoms with Crippen LogP contribution >= 0.6 is 11.5 Å². The first-order valence-electron chi connectivity index (χ1n) is 9.74. The van der Waals surface area contributed by atoms with E-state index in [-0.39, 0.29) is 11.8 Å². The van der Waals surface area contributed by atoms with Crippen LogP contribution in [0.1, 0.15) is 21.0 Å². The molecule has 1 aliphatic heterocycles. The van der Waals surface area contributed by atoms with Crippen LogP contribution in [-0.2, 0) is 0 Å². The number of hydrogen-bond donors (Lipinski definition) is 1. The van der Waals surface area contributed by atoms with Crippen molar-refractivity contribution in [1.82, 2.24) is 19.2 Å². The molecule has 0 unspecified atom stereocenters. The molecule has 0 radical (unpaired) electrons. The average Bonchev–Trinajstić information content (AvgIpc) is 3.42. The molecule has 0 saturated carbocycles. The minimum absolute atomic E-state index is 0.0589. The molecule has 3 heterocycles. The number of nitrogens with one attached hydrogen (secondary N) is 1. The van der Waals surface area contributed by atoms with Crippen molar-refractivity contribution in [3.63, 3.8) is 0 Å². The fraction of sp³-hybridized carbons (Fsp3) is 0.227. The number of hydrogen-bond acceptors (Lipinski definition) is 5. The molecule has 2 aromatic heterocycles. The summed E-state index contributed by atoms with van der Waals surface area (Å²) in [7, 11) is 1.62. The van der Waals surface area contributed by atoms with Gasteiger partial charge in [0.15, 0.2) is 0 Å². The van der Waals surface area contributed by atoms with E-state index in [1.807, 2.05) is 48.5 Å². The largest absolute Gasteiger partial charge is 0.497 e. The van der Waals surface area contributed by atoms with E-state index in [1.54, 1.807) is 16.9 Å². The maximum Gasteiger partial charge on any atom is 0.274 e. The molecule has 30 heavy (non-hydrogen) atoms. The Kier molecular flexibility index (Phi) is 4.63. The van der Waals surface area contributed by atoms with E-state index in [9.17, 15) is 9.59 Å². The Morgan fingerprint density at radius 1 is 1.00 bits per heavy atom. The smallest absolute Gasteiger partial charge is 0.274 e. The van der Waals surface area contributed by atoms with Gasteiger partial charge in [0.25, 0.3) is 11.8 Å². The fourth-order valence-corrected chi connectivity index (χ4v) is 4.59. The van der Waals surface area contributed by atoms with Gasteiger partial charge >= 0.3 is 0 Å². The van der Waals surface area contributed by atoms with Gasteiger partial charge < -0.3 is 19.5 Å². The molecular weight excluding hydrogens is 400 g/mol. The summed E-state index contributed by atoms with van der Waals surface area (Å²) >= 11 is 1.34. The summed E-state index contributed by atoms with van der Waals surface area (Å²) in [6, 6.07) is 15.3. The number of ether oxygens (including phenoxy) is 1. The summed E-state index contributed by atoms with van der Waals surface area (Å²) in [6.07, 6.45) is 0. The Hall–Kier alpha value is -3.39. The van der Waals surface area contributed by atoms with Gasteiger partial charge in [-0.15, -0.1) is 0 Å². The van der Waals surface area contributed by atoms with Gasteiger partial charge in [0, 0.05) is 48.5 Å². The molecule has 8 heteroatoms. The molecular formula is C22H20N4O3S. The predicted octanol–water partition coefficient (Wildman–Crippen LogP) is 3.38. The molecule has 4 aromatic rings. The number of aromatic amines is 1. The predicted molar refractivity (Wildman–Crippen MR) is 116 cm³/mol. The minimum atomic E-state index is -0.0720. The van der Waals surface area contributed by atoms with Crippen molar-refractivity contribution in [2.45, 2.75) is 0 Å².